The van der Waals surface area contributed by atoms with Gasteiger partial charge in [-0.15, -0.1) is 0 Å². The molecule has 0 amide bonds. The molecule has 3 rings (SSSR count). The van der Waals surface area contributed by atoms with E-state index in [9.17, 15) is 13.2 Å². The van der Waals surface area contributed by atoms with Gasteiger partial charge in [-0.1, -0.05) is 12.8 Å². The molecule has 7 nitrogen and oxygen atoms in total. The Hall–Kier alpha value is -1.41. The number of rotatable bonds is 5. The SMILES string of the molecule is O=C(O)CC1CCCN(S(=O)(=O)c2cnn(C3CCCC3)c2)C1. The minimum absolute atomic E-state index is 0.0212. The van der Waals surface area contributed by atoms with Crippen LogP contribution in [0.1, 0.15) is 51.0 Å². The standard InChI is InChI=1S/C15H23N3O4S/c19-15(20)8-12-4-3-7-17(10-12)23(21,22)14-9-16-18(11-14)13-5-1-2-6-13/h9,11-13H,1-8,10H2,(H,19,20). The summed E-state index contributed by atoms with van der Waals surface area (Å²) >= 11 is 0. The Balaban J connectivity index is 1.74. The van der Waals surface area contributed by atoms with E-state index in [2.05, 4.69) is 5.10 Å². The third kappa shape index (κ3) is 3.58. The zero-order chi connectivity index (χ0) is 16.4. The lowest BCUT2D eigenvalue weighted by Gasteiger charge is -2.30. The zero-order valence-electron chi connectivity index (χ0n) is 13.1. The highest BCUT2D eigenvalue weighted by Crippen LogP contribution is 2.30. The van der Waals surface area contributed by atoms with Gasteiger partial charge in [0.2, 0.25) is 10.0 Å². The van der Waals surface area contributed by atoms with Crippen LogP contribution in [0.5, 0.6) is 0 Å². The molecule has 2 aliphatic rings. The Morgan fingerprint density at radius 2 is 2.00 bits per heavy atom. The molecule has 0 spiro atoms. The van der Waals surface area contributed by atoms with Crippen molar-refractivity contribution in [1.82, 2.24) is 14.1 Å². The molecule has 2 heterocycles. The average Bonchev–Trinajstić information content (AvgIpc) is 3.18. The molecule has 0 aromatic carbocycles. The van der Waals surface area contributed by atoms with Crippen LogP contribution in [-0.2, 0) is 14.8 Å². The normalized spacial score (nSPS) is 24.1. The second-order valence-electron chi connectivity index (χ2n) is 6.56. The summed E-state index contributed by atoms with van der Waals surface area (Å²) < 4.78 is 28.7. The number of nitrogens with zero attached hydrogens (tertiary/aromatic N) is 3. The van der Waals surface area contributed by atoms with E-state index in [-0.39, 0.29) is 23.8 Å². The van der Waals surface area contributed by atoms with Gasteiger partial charge in [0.05, 0.1) is 12.2 Å². The third-order valence-corrected chi connectivity index (χ3v) is 6.68. The molecule has 1 N–H and O–H groups in total. The van der Waals surface area contributed by atoms with Crippen molar-refractivity contribution in [2.45, 2.75) is 55.9 Å². The molecule has 128 valence electrons. The van der Waals surface area contributed by atoms with E-state index < -0.39 is 16.0 Å². The van der Waals surface area contributed by atoms with Crippen LogP contribution in [0, 0.1) is 5.92 Å². The largest absolute Gasteiger partial charge is 0.481 e. The van der Waals surface area contributed by atoms with Crippen molar-refractivity contribution < 1.29 is 18.3 Å². The number of piperidine rings is 1. The second-order valence-corrected chi connectivity index (χ2v) is 8.50. The first kappa shape index (κ1) is 16.4. The predicted molar refractivity (Wildman–Crippen MR) is 83.5 cm³/mol. The van der Waals surface area contributed by atoms with Crippen molar-refractivity contribution in [3.63, 3.8) is 0 Å². The highest BCUT2D eigenvalue weighted by atomic mass is 32.2. The van der Waals surface area contributed by atoms with Crippen LogP contribution < -0.4 is 0 Å². The molecular formula is C15H23N3O4S. The zero-order valence-corrected chi connectivity index (χ0v) is 13.9. The molecule has 0 bridgehead atoms. The number of carboxylic acids is 1. The molecule has 1 aromatic heterocycles. The average molecular weight is 341 g/mol. The highest BCUT2D eigenvalue weighted by molar-refractivity contribution is 7.89. The van der Waals surface area contributed by atoms with Gasteiger partial charge in [-0.25, -0.2) is 8.42 Å². The summed E-state index contributed by atoms with van der Waals surface area (Å²) in [4.78, 5) is 11.1. The van der Waals surface area contributed by atoms with Gasteiger partial charge in [-0.05, 0) is 31.6 Å². The van der Waals surface area contributed by atoms with Crippen LogP contribution in [0.2, 0.25) is 0 Å². The minimum atomic E-state index is -3.58. The van der Waals surface area contributed by atoms with Crippen molar-refractivity contribution in [3.05, 3.63) is 12.4 Å². The van der Waals surface area contributed by atoms with Gasteiger partial charge in [-0.3, -0.25) is 9.48 Å². The molecule has 0 radical (unpaired) electrons. The maximum absolute atomic E-state index is 12.8. The van der Waals surface area contributed by atoms with Crippen LogP contribution in [0.3, 0.4) is 0 Å². The summed E-state index contributed by atoms with van der Waals surface area (Å²) in [5, 5.41) is 13.2. The van der Waals surface area contributed by atoms with Gasteiger partial charge >= 0.3 is 5.97 Å². The third-order valence-electron chi connectivity index (χ3n) is 4.86. The maximum atomic E-state index is 12.8. The molecule has 23 heavy (non-hydrogen) atoms. The summed E-state index contributed by atoms with van der Waals surface area (Å²) in [6.45, 7) is 0.732. The van der Waals surface area contributed by atoms with Crippen LogP contribution in [0.25, 0.3) is 0 Å². The topological polar surface area (TPSA) is 92.5 Å². The van der Waals surface area contributed by atoms with Gasteiger partial charge in [0.1, 0.15) is 4.90 Å². The van der Waals surface area contributed by atoms with E-state index in [1.807, 2.05) is 0 Å². The Kier molecular flexibility index (Phi) is 4.72. The molecule has 1 unspecified atom stereocenters. The lowest BCUT2D eigenvalue weighted by Crippen LogP contribution is -2.40. The first-order valence-electron chi connectivity index (χ1n) is 8.23. The van der Waals surface area contributed by atoms with E-state index in [0.717, 1.165) is 32.1 Å². The molecule has 1 aliphatic carbocycles. The Labute approximate surface area is 136 Å². The van der Waals surface area contributed by atoms with E-state index in [1.54, 1.807) is 10.9 Å². The Bertz CT molecular complexity index is 664. The van der Waals surface area contributed by atoms with E-state index in [0.29, 0.717) is 19.0 Å². The molecule has 1 atom stereocenters. The number of hydrogen-bond acceptors (Lipinski definition) is 4. The quantitative estimate of drug-likeness (QED) is 0.882. The minimum Gasteiger partial charge on any atom is -0.481 e. The van der Waals surface area contributed by atoms with Crippen LogP contribution in [-0.4, -0.2) is 46.7 Å². The number of aliphatic carboxylic acids is 1. The van der Waals surface area contributed by atoms with E-state index >= 15 is 0 Å². The molecule has 1 aliphatic heterocycles. The van der Waals surface area contributed by atoms with Gasteiger partial charge in [0.15, 0.2) is 0 Å². The number of sulfonamides is 1. The fraction of sp³-hybridized carbons (Fsp3) is 0.733. The smallest absolute Gasteiger partial charge is 0.303 e. The Morgan fingerprint density at radius 1 is 1.26 bits per heavy atom. The highest BCUT2D eigenvalue weighted by Gasteiger charge is 2.32. The van der Waals surface area contributed by atoms with Crippen LogP contribution in [0.4, 0.5) is 0 Å². The Morgan fingerprint density at radius 3 is 2.70 bits per heavy atom. The van der Waals surface area contributed by atoms with Crippen molar-refractivity contribution in [3.8, 4) is 0 Å². The van der Waals surface area contributed by atoms with Crippen molar-refractivity contribution in [2.75, 3.05) is 13.1 Å². The first-order chi connectivity index (χ1) is 11.0. The number of hydrogen-bond donors (Lipinski definition) is 1. The summed E-state index contributed by atoms with van der Waals surface area (Å²) in [6.07, 6.45) is 8.96. The van der Waals surface area contributed by atoms with Gasteiger partial charge < -0.3 is 5.11 Å². The lowest BCUT2D eigenvalue weighted by molar-refractivity contribution is -0.138. The second kappa shape index (κ2) is 6.60. The van der Waals surface area contributed by atoms with Gasteiger partial charge in [0, 0.05) is 25.7 Å². The summed E-state index contributed by atoms with van der Waals surface area (Å²) in [6, 6.07) is 0.306. The molecule has 1 aromatic rings. The number of carbonyl (C=O) groups is 1. The molecule has 1 saturated heterocycles. The van der Waals surface area contributed by atoms with Gasteiger partial charge in [0.25, 0.3) is 0 Å². The van der Waals surface area contributed by atoms with Crippen LogP contribution in [0.15, 0.2) is 17.3 Å². The predicted octanol–water partition coefficient (Wildman–Crippen LogP) is 1.87. The number of carboxylic acid groups (broad SMARTS) is 1. The van der Waals surface area contributed by atoms with Gasteiger partial charge in [-0.2, -0.15) is 9.40 Å². The fourth-order valence-corrected chi connectivity index (χ4v) is 5.13. The number of aromatic nitrogens is 2. The van der Waals surface area contributed by atoms with E-state index in [4.69, 9.17) is 5.11 Å². The summed E-state index contributed by atoms with van der Waals surface area (Å²) in [5.74, 6) is -0.982. The van der Waals surface area contributed by atoms with Crippen molar-refractivity contribution >= 4 is 16.0 Å². The lowest BCUT2D eigenvalue weighted by atomic mass is 9.96. The maximum Gasteiger partial charge on any atom is 0.303 e. The molecule has 8 heteroatoms. The molecule has 1 saturated carbocycles. The summed E-state index contributed by atoms with van der Waals surface area (Å²) in [7, 11) is -3.58. The van der Waals surface area contributed by atoms with Crippen LogP contribution >= 0.6 is 0 Å². The monoisotopic (exact) mass is 341 g/mol. The first-order valence-corrected chi connectivity index (χ1v) is 9.67. The fourth-order valence-electron chi connectivity index (χ4n) is 3.63. The van der Waals surface area contributed by atoms with Crippen molar-refractivity contribution in [1.29, 1.82) is 0 Å². The summed E-state index contributed by atoms with van der Waals surface area (Å²) in [5.41, 5.74) is 0. The van der Waals surface area contributed by atoms with Crippen molar-refractivity contribution in [2.24, 2.45) is 5.92 Å². The molecular weight excluding hydrogens is 318 g/mol. The molecule has 2 fully saturated rings. The van der Waals surface area contributed by atoms with E-state index in [1.165, 1.54) is 10.5 Å².